The van der Waals surface area contributed by atoms with E-state index in [0.717, 1.165) is 5.56 Å². The molecular weight excluding hydrogens is 238 g/mol. The molecule has 2 aromatic rings. The van der Waals surface area contributed by atoms with Crippen molar-refractivity contribution in [1.82, 2.24) is 0 Å². The van der Waals surface area contributed by atoms with Crippen LogP contribution in [0.25, 0.3) is 11.1 Å². The highest BCUT2D eigenvalue weighted by atomic mass is 35.5. The molecule has 85 valence electrons. The van der Waals surface area contributed by atoms with Gasteiger partial charge in [-0.2, -0.15) is 0 Å². The van der Waals surface area contributed by atoms with Gasteiger partial charge in [-0.05, 0) is 17.7 Å². The molecular formula is C13H9ClNO2. The maximum absolute atomic E-state index is 11.0. The highest BCUT2D eigenvalue weighted by Gasteiger charge is 2.10. The minimum atomic E-state index is -0.667. The molecule has 0 saturated heterocycles. The predicted octanol–water partition coefficient (Wildman–Crippen LogP) is 2.61. The van der Waals surface area contributed by atoms with Crippen molar-refractivity contribution < 1.29 is 9.90 Å². The Labute approximate surface area is 103 Å². The first-order valence-electron chi connectivity index (χ1n) is 4.89. The van der Waals surface area contributed by atoms with Crippen molar-refractivity contribution in [2.75, 3.05) is 0 Å². The number of hydrogen-bond donors (Lipinski definition) is 2. The van der Waals surface area contributed by atoms with Gasteiger partial charge in [0.15, 0.2) is 0 Å². The molecule has 0 atom stereocenters. The van der Waals surface area contributed by atoms with Crippen molar-refractivity contribution >= 4 is 17.5 Å². The van der Waals surface area contributed by atoms with E-state index in [9.17, 15) is 9.90 Å². The normalized spacial score (nSPS) is 10.2. The smallest absolute Gasteiger partial charge is 0.252 e. The molecule has 3 N–H and O–H groups in total. The Kier molecular flexibility index (Phi) is 3.02. The van der Waals surface area contributed by atoms with Gasteiger partial charge in [-0.1, -0.05) is 35.9 Å². The van der Waals surface area contributed by atoms with Gasteiger partial charge in [-0.25, -0.2) is 0 Å². The van der Waals surface area contributed by atoms with Crippen LogP contribution in [-0.4, -0.2) is 11.0 Å². The maximum atomic E-state index is 11.0. The minimum Gasteiger partial charge on any atom is -0.507 e. The Balaban J connectivity index is 2.52. The fourth-order valence-electron chi connectivity index (χ4n) is 1.55. The largest absolute Gasteiger partial charge is 0.507 e. The molecule has 0 aliphatic heterocycles. The minimum absolute atomic E-state index is 0.0878. The van der Waals surface area contributed by atoms with Crippen LogP contribution in [0.1, 0.15) is 10.4 Å². The summed E-state index contributed by atoms with van der Waals surface area (Å²) in [4.78, 5) is 11.0. The first-order chi connectivity index (χ1) is 8.09. The third-order valence-corrected chi connectivity index (χ3v) is 2.69. The van der Waals surface area contributed by atoms with E-state index in [2.05, 4.69) is 6.07 Å². The lowest BCUT2D eigenvalue weighted by atomic mass is 10.0. The number of nitrogens with two attached hydrogens (primary N) is 1. The van der Waals surface area contributed by atoms with Crippen LogP contribution >= 0.6 is 11.6 Å². The van der Waals surface area contributed by atoms with Crippen molar-refractivity contribution in [2.45, 2.75) is 0 Å². The van der Waals surface area contributed by atoms with Gasteiger partial charge in [0, 0.05) is 11.6 Å². The molecule has 0 aliphatic rings. The molecule has 0 spiro atoms. The third kappa shape index (κ3) is 2.24. The van der Waals surface area contributed by atoms with Crippen LogP contribution in [0.5, 0.6) is 5.75 Å². The molecule has 4 heteroatoms. The summed E-state index contributed by atoms with van der Waals surface area (Å²) < 4.78 is 0. The Hall–Kier alpha value is -2.00. The molecule has 2 aromatic carbocycles. The van der Waals surface area contributed by atoms with Gasteiger partial charge in [0.05, 0.1) is 10.6 Å². The fraction of sp³-hybridized carbons (Fsp3) is 0. The Morgan fingerprint density at radius 1 is 1.35 bits per heavy atom. The van der Waals surface area contributed by atoms with Crippen molar-refractivity contribution in [1.29, 1.82) is 0 Å². The molecule has 17 heavy (non-hydrogen) atoms. The van der Waals surface area contributed by atoms with Crippen LogP contribution in [0.4, 0.5) is 0 Å². The molecule has 0 fully saturated rings. The predicted molar refractivity (Wildman–Crippen MR) is 65.9 cm³/mol. The highest BCUT2D eigenvalue weighted by molar-refractivity contribution is 6.33. The zero-order chi connectivity index (χ0) is 12.4. The second-order valence-electron chi connectivity index (χ2n) is 3.49. The summed E-state index contributed by atoms with van der Waals surface area (Å²) in [5, 5.41) is 10.1. The summed E-state index contributed by atoms with van der Waals surface area (Å²) in [7, 11) is 0. The zero-order valence-corrected chi connectivity index (χ0v) is 9.53. The summed E-state index contributed by atoms with van der Waals surface area (Å²) in [6, 6.07) is 12.7. The van der Waals surface area contributed by atoms with E-state index in [1.54, 1.807) is 24.3 Å². The van der Waals surface area contributed by atoms with Crippen LogP contribution < -0.4 is 5.73 Å². The molecule has 0 saturated carbocycles. The molecule has 0 aliphatic carbocycles. The van der Waals surface area contributed by atoms with Gasteiger partial charge in [0.25, 0.3) is 5.91 Å². The number of halogens is 1. The monoisotopic (exact) mass is 246 g/mol. The number of phenols is 1. The van der Waals surface area contributed by atoms with Crippen LogP contribution in [-0.2, 0) is 0 Å². The lowest BCUT2D eigenvalue weighted by molar-refractivity contribution is 0.0998. The molecule has 0 bridgehead atoms. The van der Waals surface area contributed by atoms with E-state index >= 15 is 0 Å². The number of hydrogen-bond acceptors (Lipinski definition) is 2. The molecule has 2 rings (SSSR count). The fourth-order valence-corrected chi connectivity index (χ4v) is 1.78. The Bertz CT molecular complexity index is 581. The molecule has 3 nitrogen and oxygen atoms in total. The SMILES string of the molecule is NC(=O)c1ccc(-c2ccc[c]c2Cl)cc1O. The highest BCUT2D eigenvalue weighted by Crippen LogP contribution is 2.30. The molecule has 1 amide bonds. The quantitative estimate of drug-likeness (QED) is 0.856. The lowest BCUT2D eigenvalue weighted by Crippen LogP contribution is -2.10. The lowest BCUT2D eigenvalue weighted by Gasteiger charge is -2.06. The van der Waals surface area contributed by atoms with E-state index in [-0.39, 0.29) is 11.3 Å². The van der Waals surface area contributed by atoms with Crippen LogP contribution in [0.3, 0.4) is 0 Å². The number of rotatable bonds is 2. The first kappa shape index (κ1) is 11.5. The second kappa shape index (κ2) is 4.47. The Morgan fingerprint density at radius 2 is 2.12 bits per heavy atom. The van der Waals surface area contributed by atoms with Gasteiger partial charge < -0.3 is 10.8 Å². The first-order valence-corrected chi connectivity index (χ1v) is 5.27. The van der Waals surface area contributed by atoms with Gasteiger partial charge in [0.1, 0.15) is 5.75 Å². The molecule has 0 unspecified atom stereocenters. The summed E-state index contributed by atoms with van der Waals surface area (Å²) in [6.45, 7) is 0. The van der Waals surface area contributed by atoms with E-state index in [0.29, 0.717) is 10.6 Å². The summed E-state index contributed by atoms with van der Waals surface area (Å²) in [6.07, 6.45) is 0. The number of benzene rings is 2. The number of amides is 1. The molecule has 0 heterocycles. The number of primary amides is 1. The van der Waals surface area contributed by atoms with E-state index < -0.39 is 5.91 Å². The number of carbonyl (C=O) groups is 1. The maximum Gasteiger partial charge on any atom is 0.252 e. The summed E-state index contributed by atoms with van der Waals surface area (Å²) in [5.41, 5.74) is 6.63. The zero-order valence-electron chi connectivity index (χ0n) is 8.77. The van der Waals surface area contributed by atoms with Crippen LogP contribution in [0.15, 0.2) is 36.4 Å². The van der Waals surface area contributed by atoms with Gasteiger partial charge in [-0.15, -0.1) is 0 Å². The Morgan fingerprint density at radius 3 is 2.71 bits per heavy atom. The van der Waals surface area contributed by atoms with E-state index in [4.69, 9.17) is 17.3 Å². The summed E-state index contributed by atoms with van der Waals surface area (Å²) in [5.74, 6) is -0.824. The number of carbonyl (C=O) groups excluding carboxylic acids is 1. The summed E-state index contributed by atoms with van der Waals surface area (Å²) >= 11 is 5.98. The average molecular weight is 247 g/mol. The van der Waals surface area contributed by atoms with Crippen molar-refractivity contribution in [2.24, 2.45) is 5.73 Å². The van der Waals surface area contributed by atoms with Gasteiger partial charge >= 0.3 is 0 Å². The standard InChI is InChI=1S/C13H9ClNO2/c14-11-4-2-1-3-9(11)8-5-6-10(13(15)17)12(16)7-8/h1-3,5-7,16H,(H2,15,17). The van der Waals surface area contributed by atoms with Crippen LogP contribution in [0, 0.1) is 6.07 Å². The van der Waals surface area contributed by atoms with Gasteiger partial charge in [0.2, 0.25) is 0 Å². The third-order valence-electron chi connectivity index (χ3n) is 2.38. The van der Waals surface area contributed by atoms with E-state index in [1.165, 1.54) is 12.1 Å². The number of aromatic hydroxyl groups is 1. The van der Waals surface area contributed by atoms with E-state index in [1.807, 2.05) is 0 Å². The average Bonchev–Trinajstić information content (AvgIpc) is 2.29. The van der Waals surface area contributed by atoms with Crippen molar-refractivity contribution in [3.8, 4) is 16.9 Å². The topological polar surface area (TPSA) is 63.3 Å². The second-order valence-corrected chi connectivity index (χ2v) is 3.87. The van der Waals surface area contributed by atoms with Crippen LogP contribution in [0.2, 0.25) is 5.02 Å². The van der Waals surface area contributed by atoms with Crippen molar-refractivity contribution in [3.63, 3.8) is 0 Å². The molecule has 0 aromatic heterocycles. The van der Waals surface area contributed by atoms with Crippen molar-refractivity contribution in [3.05, 3.63) is 53.1 Å². The van der Waals surface area contributed by atoms with Gasteiger partial charge in [-0.3, -0.25) is 4.79 Å². The molecule has 1 radical (unpaired) electrons.